The Balaban J connectivity index is 0.000000304. The molecule has 3 fully saturated rings. The Kier molecular flexibility index (Phi) is 5.03. The molecule has 0 radical (unpaired) electrons. The van der Waals surface area contributed by atoms with Crippen molar-refractivity contribution in [2.24, 2.45) is 5.92 Å². The molecule has 3 aliphatic rings. The molecule has 0 atom stereocenters. The SMILES string of the molecule is C1C2CN1C2.COc1cccc(-c2ccc(CNC=O)c3cnccc23)c1. The van der Waals surface area contributed by atoms with Crippen LogP contribution in [-0.2, 0) is 11.3 Å². The maximum atomic E-state index is 10.5. The second-order valence-electron chi connectivity index (χ2n) is 7.01. The molecule has 0 aliphatic carbocycles. The van der Waals surface area contributed by atoms with E-state index >= 15 is 0 Å². The van der Waals surface area contributed by atoms with Gasteiger partial charge in [-0.25, -0.2) is 0 Å². The Hall–Kier alpha value is -2.92. The molecule has 5 nitrogen and oxygen atoms in total. The lowest BCUT2D eigenvalue weighted by Crippen LogP contribution is -2.63. The van der Waals surface area contributed by atoms with Crippen molar-refractivity contribution < 1.29 is 9.53 Å². The van der Waals surface area contributed by atoms with E-state index in [1.165, 1.54) is 19.6 Å². The molecule has 1 aromatic heterocycles. The number of aromatic nitrogens is 1. The summed E-state index contributed by atoms with van der Waals surface area (Å²) >= 11 is 0. The first-order valence-electron chi connectivity index (χ1n) is 9.18. The summed E-state index contributed by atoms with van der Waals surface area (Å²) in [6, 6.07) is 14.1. The maximum Gasteiger partial charge on any atom is 0.207 e. The Labute approximate surface area is 159 Å². The van der Waals surface area contributed by atoms with Gasteiger partial charge in [-0.05, 0) is 46.2 Å². The number of hydrogen-bond donors (Lipinski definition) is 1. The molecule has 0 unspecified atom stereocenters. The molecule has 2 aromatic carbocycles. The molecule has 1 N–H and O–H groups in total. The summed E-state index contributed by atoms with van der Waals surface area (Å²) in [5.41, 5.74) is 3.25. The van der Waals surface area contributed by atoms with Gasteiger partial charge in [0.15, 0.2) is 0 Å². The molecule has 3 aromatic rings. The van der Waals surface area contributed by atoms with Crippen molar-refractivity contribution in [3.63, 3.8) is 0 Å². The van der Waals surface area contributed by atoms with Crippen LogP contribution >= 0.6 is 0 Å². The third-order valence-electron chi connectivity index (χ3n) is 5.21. The van der Waals surface area contributed by atoms with E-state index in [-0.39, 0.29) is 0 Å². The fourth-order valence-corrected chi connectivity index (χ4v) is 3.53. The van der Waals surface area contributed by atoms with Crippen molar-refractivity contribution in [1.82, 2.24) is 15.2 Å². The summed E-state index contributed by atoms with van der Waals surface area (Å²) in [7, 11) is 1.66. The molecular formula is C22H23N3O2. The van der Waals surface area contributed by atoms with Gasteiger partial charge in [0, 0.05) is 44.0 Å². The molecular weight excluding hydrogens is 338 g/mol. The molecule has 3 saturated heterocycles. The van der Waals surface area contributed by atoms with Gasteiger partial charge < -0.3 is 15.0 Å². The van der Waals surface area contributed by atoms with Crippen LogP contribution in [0, 0.1) is 5.92 Å². The molecule has 138 valence electrons. The van der Waals surface area contributed by atoms with Crippen LogP contribution in [0.2, 0.25) is 0 Å². The van der Waals surface area contributed by atoms with Crippen molar-refractivity contribution in [3.05, 3.63) is 60.4 Å². The van der Waals surface area contributed by atoms with Gasteiger partial charge in [0.2, 0.25) is 6.41 Å². The first kappa shape index (κ1) is 17.5. The molecule has 5 heteroatoms. The number of benzene rings is 2. The number of carbonyl (C=O) groups is 1. The number of pyridine rings is 1. The van der Waals surface area contributed by atoms with Crippen LogP contribution in [0.15, 0.2) is 54.9 Å². The van der Waals surface area contributed by atoms with Crippen LogP contribution < -0.4 is 10.1 Å². The normalized spacial score (nSPS) is 19.1. The van der Waals surface area contributed by atoms with Crippen LogP contribution in [0.1, 0.15) is 5.56 Å². The molecule has 4 heterocycles. The zero-order chi connectivity index (χ0) is 18.6. The average molecular weight is 361 g/mol. The minimum atomic E-state index is 0.490. The quantitative estimate of drug-likeness (QED) is 0.710. The number of carbonyl (C=O) groups excluding carboxylic acids is 1. The number of nitrogens with zero attached hydrogens (tertiary/aromatic N) is 2. The van der Waals surface area contributed by atoms with Crippen LogP contribution in [0.5, 0.6) is 5.75 Å². The predicted octanol–water partition coefficient (Wildman–Crippen LogP) is 3.09. The number of rotatable bonds is 5. The summed E-state index contributed by atoms with van der Waals surface area (Å²) < 4.78 is 5.30. The van der Waals surface area contributed by atoms with E-state index in [1.54, 1.807) is 13.3 Å². The van der Waals surface area contributed by atoms with E-state index in [0.717, 1.165) is 39.1 Å². The van der Waals surface area contributed by atoms with E-state index in [2.05, 4.69) is 27.3 Å². The third-order valence-corrected chi connectivity index (χ3v) is 5.21. The largest absolute Gasteiger partial charge is 0.497 e. The van der Waals surface area contributed by atoms with E-state index in [4.69, 9.17) is 4.74 Å². The highest BCUT2D eigenvalue weighted by Gasteiger charge is 2.38. The summed E-state index contributed by atoms with van der Waals surface area (Å²) in [5.74, 6) is 1.96. The lowest BCUT2D eigenvalue weighted by molar-refractivity contribution is -0.109. The van der Waals surface area contributed by atoms with Gasteiger partial charge in [0.25, 0.3) is 0 Å². The average Bonchev–Trinajstić information content (AvgIpc) is 2.63. The first-order chi connectivity index (χ1) is 13.3. The van der Waals surface area contributed by atoms with Gasteiger partial charge in [-0.15, -0.1) is 0 Å². The highest BCUT2D eigenvalue weighted by molar-refractivity contribution is 5.98. The highest BCUT2D eigenvalue weighted by atomic mass is 16.5. The molecule has 6 rings (SSSR count). The van der Waals surface area contributed by atoms with Crippen molar-refractivity contribution in [1.29, 1.82) is 0 Å². The summed E-state index contributed by atoms with van der Waals surface area (Å²) in [4.78, 5) is 17.2. The van der Waals surface area contributed by atoms with Gasteiger partial charge in [0.05, 0.1) is 7.11 Å². The summed E-state index contributed by atoms with van der Waals surface area (Å²) in [6.45, 7) is 4.74. The number of ether oxygens (including phenoxy) is 1. The highest BCUT2D eigenvalue weighted by Crippen LogP contribution is 2.32. The summed E-state index contributed by atoms with van der Waals surface area (Å²) in [6.07, 6.45) is 4.32. The molecule has 0 spiro atoms. The minimum absolute atomic E-state index is 0.490. The van der Waals surface area contributed by atoms with Crippen molar-refractivity contribution >= 4 is 17.2 Å². The van der Waals surface area contributed by atoms with E-state index < -0.39 is 0 Å². The maximum absolute atomic E-state index is 10.5. The number of amides is 1. The van der Waals surface area contributed by atoms with Crippen LogP contribution in [0.3, 0.4) is 0 Å². The Morgan fingerprint density at radius 3 is 2.63 bits per heavy atom. The Morgan fingerprint density at radius 1 is 1.19 bits per heavy atom. The second-order valence-corrected chi connectivity index (χ2v) is 7.01. The van der Waals surface area contributed by atoms with Crippen molar-refractivity contribution in [2.75, 3.05) is 26.7 Å². The number of methoxy groups -OCH3 is 1. The lowest BCUT2D eigenvalue weighted by Gasteiger charge is -2.53. The van der Waals surface area contributed by atoms with Gasteiger partial charge in [-0.2, -0.15) is 0 Å². The van der Waals surface area contributed by atoms with Crippen LogP contribution in [-0.4, -0.2) is 43.0 Å². The van der Waals surface area contributed by atoms with Gasteiger partial charge in [-0.1, -0.05) is 24.3 Å². The van der Waals surface area contributed by atoms with E-state index in [1.807, 2.05) is 36.5 Å². The zero-order valence-corrected chi connectivity index (χ0v) is 15.4. The van der Waals surface area contributed by atoms with E-state index in [9.17, 15) is 4.79 Å². The van der Waals surface area contributed by atoms with Gasteiger partial charge in [0.1, 0.15) is 5.75 Å². The monoisotopic (exact) mass is 361 g/mol. The van der Waals surface area contributed by atoms with Crippen LogP contribution in [0.4, 0.5) is 0 Å². The minimum Gasteiger partial charge on any atom is -0.497 e. The molecule has 1 amide bonds. The Bertz CT molecular complexity index is 937. The fourth-order valence-electron chi connectivity index (χ4n) is 3.53. The lowest BCUT2D eigenvalue weighted by atomic mass is 9.88. The van der Waals surface area contributed by atoms with E-state index in [0.29, 0.717) is 13.0 Å². The predicted molar refractivity (Wildman–Crippen MR) is 107 cm³/mol. The zero-order valence-electron chi connectivity index (χ0n) is 15.4. The smallest absolute Gasteiger partial charge is 0.207 e. The number of fused-ring (bicyclic) bond motifs is 1. The topological polar surface area (TPSA) is 54.5 Å². The number of nitrogens with one attached hydrogen (secondary N) is 1. The fraction of sp³-hybridized carbons (Fsp3) is 0.273. The summed E-state index contributed by atoms with van der Waals surface area (Å²) in [5, 5.41) is 4.85. The Morgan fingerprint density at radius 2 is 1.96 bits per heavy atom. The van der Waals surface area contributed by atoms with Crippen molar-refractivity contribution in [3.8, 4) is 16.9 Å². The molecule has 3 aliphatic heterocycles. The second kappa shape index (κ2) is 7.76. The first-order valence-corrected chi connectivity index (χ1v) is 9.18. The number of hydrogen-bond acceptors (Lipinski definition) is 4. The van der Waals surface area contributed by atoms with Gasteiger partial charge in [-0.3, -0.25) is 9.78 Å². The van der Waals surface area contributed by atoms with Crippen LogP contribution in [0.25, 0.3) is 21.9 Å². The standard InChI is InChI=1S/C18H16N2O2.C4H7N/c1-22-15-4-2-3-13(9-15)16-6-5-14(10-20-12-21)18-11-19-8-7-17(16)18;1-4-2-5(1)3-4/h2-9,11-12H,10H2,1H3,(H,20,21);4H,1-3H2. The third kappa shape index (κ3) is 3.64. The molecule has 27 heavy (non-hydrogen) atoms. The molecule has 2 bridgehead atoms. The van der Waals surface area contributed by atoms with Gasteiger partial charge >= 0.3 is 0 Å². The van der Waals surface area contributed by atoms with Crippen molar-refractivity contribution in [2.45, 2.75) is 6.54 Å². The molecule has 0 saturated carbocycles.